The van der Waals surface area contributed by atoms with Gasteiger partial charge < -0.3 is 10.4 Å². The molecule has 0 saturated heterocycles. The Kier molecular flexibility index (Phi) is 5.80. The number of hydrogen-bond acceptors (Lipinski definition) is 2. The fourth-order valence-electron chi connectivity index (χ4n) is 3.04. The summed E-state index contributed by atoms with van der Waals surface area (Å²) in [4.78, 5) is 11.0. The van der Waals surface area contributed by atoms with Gasteiger partial charge in [-0.05, 0) is 61.3 Å². The van der Waals surface area contributed by atoms with Crippen molar-refractivity contribution in [2.75, 3.05) is 6.54 Å². The fraction of sp³-hybridized carbons (Fsp3) is 0.611. The number of aliphatic carboxylic acids is 1. The molecule has 1 aromatic carbocycles. The molecule has 1 aliphatic carbocycles. The average molecular weight is 289 g/mol. The number of fused-ring (bicyclic) bond motifs is 1. The molecule has 0 fully saturated rings. The molecule has 3 nitrogen and oxygen atoms in total. The second-order valence-corrected chi connectivity index (χ2v) is 6.59. The van der Waals surface area contributed by atoms with Crippen molar-refractivity contribution in [3.05, 3.63) is 34.9 Å². The van der Waals surface area contributed by atoms with Crippen molar-refractivity contribution in [1.29, 1.82) is 0 Å². The normalized spacial score (nSPS) is 15.2. The maximum atomic E-state index is 11.0. The lowest BCUT2D eigenvalue weighted by atomic mass is 9.99. The van der Waals surface area contributed by atoms with E-state index in [1.807, 2.05) is 0 Å². The topological polar surface area (TPSA) is 49.3 Å². The molecule has 1 atom stereocenters. The first kappa shape index (κ1) is 16.0. The minimum atomic E-state index is -0.724. The van der Waals surface area contributed by atoms with Crippen LogP contribution in [0.4, 0.5) is 0 Å². The van der Waals surface area contributed by atoms with Crippen molar-refractivity contribution in [2.45, 2.75) is 58.4 Å². The zero-order valence-corrected chi connectivity index (χ0v) is 13.2. The number of benzene rings is 1. The molecular formula is C18H27NO2. The Bertz CT molecular complexity index is 482. The highest BCUT2D eigenvalue weighted by atomic mass is 16.4. The van der Waals surface area contributed by atoms with Crippen LogP contribution in [0, 0.1) is 5.92 Å². The zero-order valence-electron chi connectivity index (χ0n) is 13.2. The third-order valence-electron chi connectivity index (χ3n) is 4.22. The van der Waals surface area contributed by atoms with Crippen molar-refractivity contribution < 1.29 is 9.90 Å². The number of rotatable bonds is 8. The lowest BCUT2D eigenvalue weighted by Gasteiger charge is -2.18. The molecule has 0 saturated carbocycles. The SMILES string of the molecule is CC(C)CCNC(CC(=O)O)Cc1ccc2c(c1)CCC2. The Morgan fingerprint density at radius 3 is 2.76 bits per heavy atom. The van der Waals surface area contributed by atoms with Crippen LogP contribution in [0.3, 0.4) is 0 Å². The predicted octanol–water partition coefficient (Wildman–Crippen LogP) is 3.20. The quantitative estimate of drug-likeness (QED) is 0.772. The van der Waals surface area contributed by atoms with Gasteiger partial charge in [0.25, 0.3) is 0 Å². The highest BCUT2D eigenvalue weighted by Gasteiger charge is 2.16. The van der Waals surface area contributed by atoms with Crippen molar-refractivity contribution >= 4 is 5.97 Å². The molecule has 0 aromatic heterocycles. The minimum Gasteiger partial charge on any atom is -0.481 e. The van der Waals surface area contributed by atoms with E-state index in [1.54, 1.807) is 0 Å². The van der Waals surface area contributed by atoms with Gasteiger partial charge in [0.1, 0.15) is 0 Å². The highest BCUT2D eigenvalue weighted by molar-refractivity contribution is 5.67. The zero-order chi connectivity index (χ0) is 15.2. The van der Waals surface area contributed by atoms with E-state index >= 15 is 0 Å². The molecule has 0 heterocycles. The van der Waals surface area contributed by atoms with Crippen molar-refractivity contribution in [2.24, 2.45) is 5.92 Å². The second kappa shape index (κ2) is 7.60. The number of hydrogen-bond donors (Lipinski definition) is 2. The molecule has 0 radical (unpaired) electrons. The highest BCUT2D eigenvalue weighted by Crippen LogP contribution is 2.23. The van der Waals surface area contributed by atoms with Gasteiger partial charge >= 0.3 is 5.97 Å². The molecule has 2 rings (SSSR count). The Hall–Kier alpha value is -1.35. The molecule has 2 N–H and O–H groups in total. The van der Waals surface area contributed by atoms with Crippen LogP contribution in [0.25, 0.3) is 0 Å². The van der Waals surface area contributed by atoms with Crippen LogP contribution in [-0.2, 0) is 24.1 Å². The lowest BCUT2D eigenvalue weighted by Crippen LogP contribution is -2.34. The summed E-state index contributed by atoms with van der Waals surface area (Å²) in [5, 5.41) is 12.5. The molecule has 0 amide bonds. The van der Waals surface area contributed by atoms with Gasteiger partial charge in [-0.25, -0.2) is 0 Å². The van der Waals surface area contributed by atoms with Gasteiger partial charge in [0.2, 0.25) is 0 Å². The number of nitrogens with one attached hydrogen (secondary N) is 1. The Labute approximate surface area is 127 Å². The fourth-order valence-corrected chi connectivity index (χ4v) is 3.04. The first-order valence-electron chi connectivity index (χ1n) is 8.10. The monoisotopic (exact) mass is 289 g/mol. The number of carbonyl (C=O) groups is 1. The van der Waals surface area contributed by atoms with Crippen molar-refractivity contribution in [3.63, 3.8) is 0 Å². The van der Waals surface area contributed by atoms with Crippen molar-refractivity contribution in [1.82, 2.24) is 5.32 Å². The van der Waals surface area contributed by atoms with E-state index in [0.717, 1.165) is 19.4 Å². The largest absolute Gasteiger partial charge is 0.481 e. The van der Waals surface area contributed by atoms with Crippen LogP contribution in [0.5, 0.6) is 0 Å². The van der Waals surface area contributed by atoms with Gasteiger partial charge in [0.05, 0.1) is 6.42 Å². The molecule has 21 heavy (non-hydrogen) atoms. The lowest BCUT2D eigenvalue weighted by molar-refractivity contribution is -0.137. The van der Waals surface area contributed by atoms with Crippen LogP contribution >= 0.6 is 0 Å². The molecule has 116 valence electrons. The van der Waals surface area contributed by atoms with Gasteiger partial charge in [-0.15, -0.1) is 0 Å². The first-order valence-corrected chi connectivity index (χ1v) is 8.10. The molecule has 0 aliphatic heterocycles. The van der Waals surface area contributed by atoms with E-state index in [-0.39, 0.29) is 12.5 Å². The second-order valence-electron chi connectivity index (χ2n) is 6.59. The van der Waals surface area contributed by atoms with Gasteiger partial charge in [-0.2, -0.15) is 0 Å². The molecule has 0 bridgehead atoms. The third-order valence-corrected chi connectivity index (χ3v) is 4.22. The van der Waals surface area contributed by atoms with Gasteiger partial charge in [-0.3, -0.25) is 4.79 Å². The molecule has 3 heteroatoms. The van der Waals surface area contributed by atoms with E-state index in [1.165, 1.54) is 36.0 Å². The Morgan fingerprint density at radius 2 is 2.05 bits per heavy atom. The summed E-state index contributed by atoms with van der Waals surface area (Å²) in [7, 11) is 0. The molecule has 0 spiro atoms. The summed E-state index contributed by atoms with van der Waals surface area (Å²) in [6.45, 7) is 5.27. The molecule has 1 aliphatic rings. The molecule has 1 unspecified atom stereocenters. The Balaban J connectivity index is 1.95. The molecule has 1 aromatic rings. The van der Waals surface area contributed by atoms with E-state index in [0.29, 0.717) is 5.92 Å². The third kappa shape index (κ3) is 5.16. The summed E-state index contributed by atoms with van der Waals surface area (Å²) >= 11 is 0. The van der Waals surface area contributed by atoms with Crippen LogP contribution in [0.2, 0.25) is 0 Å². The summed E-state index contributed by atoms with van der Waals surface area (Å²) in [5.41, 5.74) is 4.20. The standard InChI is InChI=1S/C18H27NO2/c1-13(2)8-9-19-17(12-18(20)21)11-14-6-7-15-4-3-5-16(15)10-14/h6-7,10,13,17,19H,3-5,8-9,11-12H2,1-2H3,(H,20,21). The molecular weight excluding hydrogens is 262 g/mol. The van der Waals surface area contributed by atoms with Crippen LogP contribution in [-0.4, -0.2) is 23.7 Å². The number of carboxylic acid groups (broad SMARTS) is 1. The number of aryl methyl sites for hydroxylation is 2. The van der Waals surface area contributed by atoms with E-state index in [2.05, 4.69) is 37.4 Å². The van der Waals surface area contributed by atoms with Crippen LogP contribution in [0.1, 0.15) is 49.8 Å². The summed E-state index contributed by atoms with van der Waals surface area (Å²) in [6, 6.07) is 6.70. The van der Waals surface area contributed by atoms with Crippen LogP contribution < -0.4 is 5.32 Å². The van der Waals surface area contributed by atoms with E-state index < -0.39 is 5.97 Å². The van der Waals surface area contributed by atoms with E-state index in [4.69, 9.17) is 5.11 Å². The maximum Gasteiger partial charge on any atom is 0.304 e. The first-order chi connectivity index (χ1) is 10.0. The maximum absolute atomic E-state index is 11.0. The van der Waals surface area contributed by atoms with Gasteiger partial charge in [0.15, 0.2) is 0 Å². The summed E-state index contributed by atoms with van der Waals surface area (Å²) < 4.78 is 0. The van der Waals surface area contributed by atoms with Gasteiger partial charge in [-0.1, -0.05) is 32.0 Å². The average Bonchev–Trinajstić information content (AvgIpc) is 2.84. The Morgan fingerprint density at radius 1 is 1.29 bits per heavy atom. The van der Waals surface area contributed by atoms with E-state index in [9.17, 15) is 4.79 Å². The summed E-state index contributed by atoms with van der Waals surface area (Å²) in [5.74, 6) is -0.0822. The van der Waals surface area contributed by atoms with Gasteiger partial charge in [0, 0.05) is 6.04 Å². The smallest absolute Gasteiger partial charge is 0.304 e. The number of carboxylic acids is 1. The summed E-state index contributed by atoms with van der Waals surface area (Å²) in [6.07, 6.45) is 5.70. The minimum absolute atomic E-state index is 0.0284. The predicted molar refractivity (Wildman–Crippen MR) is 85.7 cm³/mol. The van der Waals surface area contributed by atoms with Crippen LogP contribution in [0.15, 0.2) is 18.2 Å². The van der Waals surface area contributed by atoms with Crippen molar-refractivity contribution in [3.8, 4) is 0 Å².